The van der Waals surface area contributed by atoms with Crippen molar-refractivity contribution in [1.29, 1.82) is 0 Å². The Labute approximate surface area is 188 Å². The van der Waals surface area contributed by atoms with Crippen molar-refractivity contribution in [1.82, 2.24) is 15.1 Å². The Kier molecular flexibility index (Phi) is 6.00. The smallest absolute Gasteiger partial charge is 0.325 e. The molecule has 0 aliphatic carbocycles. The summed E-state index contributed by atoms with van der Waals surface area (Å²) in [7, 11) is 0. The molecule has 0 radical (unpaired) electrons. The molecule has 3 aliphatic rings. The largest absolute Gasteiger partial charge is 0.376 e. The van der Waals surface area contributed by atoms with E-state index in [9.17, 15) is 18.8 Å². The minimum absolute atomic E-state index is 0.0232. The third kappa shape index (κ3) is 4.37. The highest BCUT2D eigenvalue weighted by Gasteiger charge is 2.53. The molecule has 3 aliphatic heterocycles. The van der Waals surface area contributed by atoms with Crippen LogP contribution in [0.15, 0.2) is 24.3 Å². The highest BCUT2D eigenvalue weighted by atomic mass is 19.1. The van der Waals surface area contributed by atoms with Crippen molar-refractivity contribution < 1.29 is 23.5 Å². The second-order valence-electron chi connectivity index (χ2n) is 10.0. The van der Waals surface area contributed by atoms with E-state index in [1.165, 1.54) is 17.0 Å². The molecule has 0 bridgehead atoms. The fourth-order valence-electron chi connectivity index (χ4n) is 5.29. The number of benzene rings is 1. The number of amides is 4. The zero-order valence-corrected chi connectivity index (χ0v) is 19.0. The van der Waals surface area contributed by atoms with Gasteiger partial charge in [0.15, 0.2) is 0 Å². The molecular weight excluding hydrogens is 413 g/mol. The number of likely N-dealkylation sites (tertiary alicyclic amines) is 1. The van der Waals surface area contributed by atoms with Gasteiger partial charge in [0.1, 0.15) is 11.4 Å². The van der Waals surface area contributed by atoms with Gasteiger partial charge >= 0.3 is 6.03 Å². The van der Waals surface area contributed by atoms with Gasteiger partial charge in [-0.2, -0.15) is 0 Å². The highest BCUT2D eigenvalue weighted by Crippen LogP contribution is 2.36. The van der Waals surface area contributed by atoms with Crippen LogP contribution in [0.25, 0.3) is 0 Å². The number of hydrogen-bond acceptors (Lipinski definition) is 4. The molecule has 0 spiro atoms. The van der Waals surface area contributed by atoms with Crippen molar-refractivity contribution in [3.63, 3.8) is 0 Å². The quantitative estimate of drug-likeness (QED) is 0.723. The zero-order valence-electron chi connectivity index (χ0n) is 19.0. The van der Waals surface area contributed by atoms with Crippen LogP contribution in [0.1, 0.15) is 52.0 Å². The summed E-state index contributed by atoms with van der Waals surface area (Å²) in [6, 6.07) is 5.36. The highest BCUT2D eigenvalue weighted by molar-refractivity contribution is 6.07. The van der Waals surface area contributed by atoms with Gasteiger partial charge in [0.2, 0.25) is 5.91 Å². The maximum absolute atomic E-state index is 13.2. The number of carbonyl (C=O) groups is 3. The van der Waals surface area contributed by atoms with Crippen molar-refractivity contribution in [2.24, 2.45) is 11.8 Å². The molecule has 2 atom stereocenters. The van der Waals surface area contributed by atoms with E-state index >= 15 is 0 Å². The fraction of sp³-hybridized carbons (Fsp3) is 0.625. The molecule has 1 N–H and O–H groups in total. The molecule has 0 saturated carbocycles. The van der Waals surface area contributed by atoms with Crippen LogP contribution in [-0.4, -0.2) is 58.5 Å². The number of halogens is 1. The number of piperidine rings is 1. The Morgan fingerprint density at radius 2 is 1.78 bits per heavy atom. The normalized spacial score (nSPS) is 28.7. The Morgan fingerprint density at radius 3 is 2.41 bits per heavy atom. The topological polar surface area (TPSA) is 79.0 Å². The van der Waals surface area contributed by atoms with E-state index < -0.39 is 11.6 Å². The second kappa shape index (κ2) is 8.46. The minimum Gasteiger partial charge on any atom is -0.376 e. The molecule has 32 heavy (non-hydrogen) atoms. The van der Waals surface area contributed by atoms with Crippen LogP contribution in [0.5, 0.6) is 0 Å². The van der Waals surface area contributed by atoms with Crippen LogP contribution in [0.4, 0.5) is 9.18 Å². The molecular formula is C24H32FN3O4. The first-order valence-electron chi connectivity index (χ1n) is 11.4. The molecule has 4 amide bonds. The van der Waals surface area contributed by atoms with Gasteiger partial charge in [-0.3, -0.25) is 14.5 Å². The molecule has 174 valence electrons. The summed E-state index contributed by atoms with van der Waals surface area (Å²) in [5.74, 6) is -0.522. The summed E-state index contributed by atoms with van der Waals surface area (Å²) in [5, 5.41) is 2.89. The molecule has 3 heterocycles. The molecule has 3 fully saturated rings. The van der Waals surface area contributed by atoms with Crippen molar-refractivity contribution in [3.8, 4) is 0 Å². The van der Waals surface area contributed by atoms with Gasteiger partial charge in [-0.15, -0.1) is 0 Å². The van der Waals surface area contributed by atoms with E-state index in [-0.39, 0.29) is 41.6 Å². The lowest BCUT2D eigenvalue weighted by molar-refractivity contribution is -0.147. The maximum Gasteiger partial charge on any atom is 0.325 e. The van der Waals surface area contributed by atoms with Crippen LogP contribution < -0.4 is 5.32 Å². The number of hydrogen-bond donors (Lipinski definition) is 1. The van der Waals surface area contributed by atoms with Gasteiger partial charge in [0, 0.05) is 25.6 Å². The Hall–Kier alpha value is -2.48. The van der Waals surface area contributed by atoms with Crippen LogP contribution in [0.3, 0.4) is 0 Å². The lowest BCUT2D eigenvalue weighted by Crippen LogP contribution is -2.55. The first-order chi connectivity index (χ1) is 15.1. The first kappa shape index (κ1) is 22.7. The SMILES string of the molecule is CC1(C)CC(C(=O)N2CCC(C3(C)NC(=O)N(Cc4ccc(F)cc4)C3=O)CC2)CCO1. The summed E-state index contributed by atoms with van der Waals surface area (Å²) < 4.78 is 18.9. The lowest BCUT2D eigenvalue weighted by Gasteiger charge is -2.41. The number of nitrogens with one attached hydrogen (secondary N) is 1. The molecule has 3 saturated heterocycles. The van der Waals surface area contributed by atoms with E-state index in [1.807, 2.05) is 18.7 Å². The molecule has 1 aromatic carbocycles. The maximum atomic E-state index is 13.2. The Balaban J connectivity index is 1.37. The van der Waals surface area contributed by atoms with Crippen LogP contribution in [-0.2, 0) is 20.9 Å². The van der Waals surface area contributed by atoms with Crippen LogP contribution in [0.2, 0.25) is 0 Å². The van der Waals surface area contributed by atoms with Crippen molar-refractivity contribution >= 4 is 17.8 Å². The first-order valence-corrected chi connectivity index (χ1v) is 11.4. The van der Waals surface area contributed by atoms with Crippen LogP contribution >= 0.6 is 0 Å². The van der Waals surface area contributed by atoms with Gasteiger partial charge in [-0.1, -0.05) is 12.1 Å². The minimum atomic E-state index is -0.993. The van der Waals surface area contributed by atoms with Gasteiger partial charge in [0.05, 0.1) is 12.1 Å². The monoisotopic (exact) mass is 445 g/mol. The molecule has 4 rings (SSSR count). The lowest BCUT2D eigenvalue weighted by atomic mass is 9.78. The summed E-state index contributed by atoms with van der Waals surface area (Å²) in [4.78, 5) is 42.0. The van der Waals surface area contributed by atoms with Crippen molar-refractivity contribution in [2.75, 3.05) is 19.7 Å². The summed E-state index contributed by atoms with van der Waals surface area (Å²) in [6.45, 7) is 7.69. The van der Waals surface area contributed by atoms with Gasteiger partial charge in [-0.25, -0.2) is 9.18 Å². The third-order valence-corrected chi connectivity index (χ3v) is 7.22. The summed E-state index contributed by atoms with van der Waals surface area (Å²) in [5.41, 5.74) is -0.579. The predicted octanol–water partition coefficient (Wildman–Crippen LogP) is 3.08. The van der Waals surface area contributed by atoms with E-state index in [0.717, 1.165) is 12.8 Å². The Bertz CT molecular complexity index is 895. The van der Waals surface area contributed by atoms with Gasteiger partial charge in [-0.05, 0) is 70.1 Å². The average molecular weight is 446 g/mol. The standard InChI is InChI=1S/C24H32FN3O4/c1-23(2)14-17(10-13-32-23)20(29)27-11-8-18(9-12-27)24(3)21(30)28(22(31)26-24)15-16-4-6-19(25)7-5-16/h4-7,17-18H,8-15H2,1-3H3,(H,26,31). The average Bonchev–Trinajstić information content (AvgIpc) is 2.98. The van der Waals surface area contributed by atoms with E-state index in [4.69, 9.17) is 4.74 Å². The summed E-state index contributed by atoms with van der Waals surface area (Å²) >= 11 is 0. The van der Waals surface area contributed by atoms with Crippen molar-refractivity contribution in [3.05, 3.63) is 35.6 Å². The van der Waals surface area contributed by atoms with E-state index in [1.54, 1.807) is 19.1 Å². The zero-order chi connectivity index (χ0) is 23.1. The van der Waals surface area contributed by atoms with E-state index in [2.05, 4.69) is 5.32 Å². The third-order valence-electron chi connectivity index (χ3n) is 7.22. The molecule has 0 aromatic heterocycles. The molecule has 1 aromatic rings. The second-order valence-corrected chi connectivity index (χ2v) is 10.0. The van der Waals surface area contributed by atoms with E-state index in [0.29, 0.717) is 38.1 Å². The molecule has 8 heteroatoms. The number of ether oxygens (including phenoxy) is 1. The number of imide groups is 1. The summed E-state index contributed by atoms with van der Waals surface area (Å²) in [6.07, 6.45) is 2.78. The predicted molar refractivity (Wildman–Crippen MR) is 116 cm³/mol. The number of carbonyl (C=O) groups excluding carboxylic acids is 3. The molecule has 2 unspecified atom stereocenters. The number of urea groups is 1. The van der Waals surface area contributed by atoms with Gasteiger partial charge in [0.25, 0.3) is 5.91 Å². The van der Waals surface area contributed by atoms with Gasteiger partial charge < -0.3 is 15.0 Å². The fourth-order valence-corrected chi connectivity index (χ4v) is 5.29. The van der Waals surface area contributed by atoms with Crippen LogP contribution in [0, 0.1) is 17.7 Å². The Morgan fingerprint density at radius 1 is 1.12 bits per heavy atom. The van der Waals surface area contributed by atoms with Crippen molar-refractivity contribution in [2.45, 2.75) is 64.1 Å². The number of rotatable bonds is 4. The number of nitrogens with zero attached hydrogens (tertiary/aromatic N) is 2. The molecule has 7 nitrogen and oxygen atoms in total.